The van der Waals surface area contributed by atoms with Crippen LogP contribution in [-0.4, -0.2) is 9.78 Å². The van der Waals surface area contributed by atoms with Crippen molar-refractivity contribution in [3.63, 3.8) is 0 Å². The maximum Gasteiger partial charge on any atom is 0.0519 e. The molecule has 1 rings (SSSR count). The van der Waals surface area contributed by atoms with Crippen LogP contribution < -0.4 is 5.73 Å². The van der Waals surface area contributed by atoms with Crippen molar-refractivity contribution < 1.29 is 0 Å². The van der Waals surface area contributed by atoms with E-state index in [0.29, 0.717) is 6.54 Å². The summed E-state index contributed by atoms with van der Waals surface area (Å²) >= 11 is 0. The van der Waals surface area contributed by atoms with Crippen molar-refractivity contribution in [2.75, 3.05) is 0 Å². The van der Waals surface area contributed by atoms with Gasteiger partial charge >= 0.3 is 0 Å². The number of unbranched alkanes of at least 4 members (excludes halogenated alkanes) is 1. The lowest BCUT2D eigenvalue weighted by molar-refractivity contribution is 0.559. The molecule has 0 aliphatic heterocycles. The van der Waals surface area contributed by atoms with E-state index >= 15 is 0 Å². The summed E-state index contributed by atoms with van der Waals surface area (Å²) in [6.45, 7) is 5.17. The average Bonchev–Trinajstić information content (AvgIpc) is 2.52. The minimum absolute atomic E-state index is 0.564. The van der Waals surface area contributed by atoms with Gasteiger partial charge in [0, 0.05) is 19.3 Å². The van der Waals surface area contributed by atoms with Gasteiger partial charge in [-0.15, -0.1) is 6.58 Å². The lowest BCUT2D eigenvalue weighted by Crippen LogP contribution is -2.08. The third-order valence-electron chi connectivity index (χ3n) is 1.79. The minimum atomic E-state index is 0.564. The minimum Gasteiger partial charge on any atom is -0.325 e. The highest BCUT2D eigenvalue weighted by Gasteiger charge is 1.97. The van der Waals surface area contributed by atoms with Crippen molar-refractivity contribution in [3.05, 3.63) is 30.6 Å². The highest BCUT2D eigenvalue weighted by molar-refractivity contribution is 4.99. The number of hydrogen-bond donors (Lipinski definition) is 1. The highest BCUT2D eigenvalue weighted by Crippen LogP contribution is 2.00. The predicted molar refractivity (Wildman–Crippen MR) is 49.5 cm³/mol. The van der Waals surface area contributed by atoms with Crippen molar-refractivity contribution in [1.29, 1.82) is 0 Å². The standard InChI is InChI=1S/C9H15N3/c1-2-3-4-7-12-9(8-10)5-6-11-12/h2,5-6H,1,3-4,7-8,10H2. The molecule has 1 aromatic rings. The van der Waals surface area contributed by atoms with E-state index in [0.717, 1.165) is 25.1 Å². The van der Waals surface area contributed by atoms with Gasteiger partial charge in [0.1, 0.15) is 0 Å². The van der Waals surface area contributed by atoms with Gasteiger partial charge in [0.05, 0.1) is 5.69 Å². The van der Waals surface area contributed by atoms with Crippen LogP contribution in [0.3, 0.4) is 0 Å². The van der Waals surface area contributed by atoms with Gasteiger partial charge in [0.15, 0.2) is 0 Å². The van der Waals surface area contributed by atoms with Crippen LogP contribution in [0.25, 0.3) is 0 Å². The zero-order chi connectivity index (χ0) is 8.81. The first-order valence-corrected chi connectivity index (χ1v) is 4.20. The molecule has 3 nitrogen and oxygen atoms in total. The van der Waals surface area contributed by atoms with Crippen molar-refractivity contribution >= 4 is 0 Å². The van der Waals surface area contributed by atoms with Crippen LogP contribution in [0.4, 0.5) is 0 Å². The van der Waals surface area contributed by atoms with E-state index in [2.05, 4.69) is 11.7 Å². The molecule has 0 atom stereocenters. The number of nitrogens with zero attached hydrogens (tertiary/aromatic N) is 2. The quantitative estimate of drug-likeness (QED) is 0.528. The number of aryl methyl sites for hydroxylation is 1. The van der Waals surface area contributed by atoms with Crippen LogP contribution in [0.1, 0.15) is 18.5 Å². The number of allylic oxidation sites excluding steroid dienone is 1. The Bertz CT molecular complexity index is 240. The van der Waals surface area contributed by atoms with Gasteiger partial charge < -0.3 is 5.73 Å². The summed E-state index contributed by atoms with van der Waals surface area (Å²) in [7, 11) is 0. The van der Waals surface area contributed by atoms with Crippen LogP contribution in [0, 0.1) is 0 Å². The van der Waals surface area contributed by atoms with Gasteiger partial charge in [-0.25, -0.2) is 0 Å². The summed E-state index contributed by atoms with van der Waals surface area (Å²) in [6, 6.07) is 1.95. The summed E-state index contributed by atoms with van der Waals surface area (Å²) in [6.07, 6.45) is 5.82. The first-order valence-electron chi connectivity index (χ1n) is 4.20. The van der Waals surface area contributed by atoms with E-state index in [9.17, 15) is 0 Å². The first-order chi connectivity index (χ1) is 5.88. The molecule has 0 fully saturated rings. The molecule has 1 heterocycles. The van der Waals surface area contributed by atoms with Crippen LogP contribution in [0.2, 0.25) is 0 Å². The zero-order valence-electron chi connectivity index (χ0n) is 7.24. The molecule has 66 valence electrons. The molecular formula is C9H15N3. The molecule has 0 saturated heterocycles. The third-order valence-corrected chi connectivity index (χ3v) is 1.79. The van der Waals surface area contributed by atoms with Gasteiger partial charge in [0.2, 0.25) is 0 Å². The SMILES string of the molecule is C=CCCCn1nccc1CN. The fourth-order valence-corrected chi connectivity index (χ4v) is 1.12. The highest BCUT2D eigenvalue weighted by atomic mass is 15.3. The Balaban J connectivity index is 2.44. The van der Waals surface area contributed by atoms with E-state index in [1.807, 2.05) is 16.8 Å². The number of nitrogens with two attached hydrogens (primary N) is 1. The zero-order valence-corrected chi connectivity index (χ0v) is 7.24. The van der Waals surface area contributed by atoms with E-state index < -0.39 is 0 Å². The molecule has 3 heteroatoms. The summed E-state index contributed by atoms with van der Waals surface area (Å²) in [5, 5.41) is 4.16. The van der Waals surface area contributed by atoms with Gasteiger partial charge in [-0.05, 0) is 18.9 Å². The van der Waals surface area contributed by atoms with Crippen LogP contribution in [0.15, 0.2) is 24.9 Å². The first kappa shape index (κ1) is 9.00. The number of aromatic nitrogens is 2. The van der Waals surface area contributed by atoms with Crippen molar-refractivity contribution in [2.45, 2.75) is 25.9 Å². The Hall–Kier alpha value is -1.09. The molecule has 2 N–H and O–H groups in total. The maximum absolute atomic E-state index is 5.52. The molecule has 0 bridgehead atoms. The smallest absolute Gasteiger partial charge is 0.0519 e. The molecule has 0 unspecified atom stereocenters. The Kier molecular flexibility index (Phi) is 3.54. The Morgan fingerprint density at radius 3 is 3.17 bits per heavy atom. The van der Waals surface area contributed by atoms with Crippen molar-refractivity contribution in [3.8, 4) is 0 Å². The maximum atomic E-state index is 5.52. The molecule has 0 saturated carbocycles. The van der Waals surface area contributed by atoms with Gasteiger partial charge in [0.25, 0.3) is 0 Å². The summed E-state index contributed by atoms with van der Waals surface area (Å²) in [4.78, 5) is 0. The van der Waals surface area contributed by atoms with Gasteiger partial charge in [-0.3, -0.25) is 4.68 Å². The van der Waals surface area contributed by atoms with Crippen molar-refractivity contribution in [2.24, 2.45) is 5.73 Å². The summed E-state index contributed by atoms with van der Waals surface area (Å²) < 4.78 is 1.95. The Labute approximate surface area is 72.9 Å². The molecule has 0 aromatic carbocycles. The van der Waals surface area contributed by atoms with E-state index in [1.54, 1.807) is 6.20 Å². The summed E-state index contributed by atoms with van der Waals surface area (Å²) in [5.41, 5.74) is 6.61. The van der Waals surface area contributed by atoms with E-state index in [-0.39, 0.29) is 0 Å². The monoisotopic (exact) mass is 165 g/mol. The molecule has 0 spiro atoms. The molecule has 0 aliphatic carbocycles. The molecule has 0 aliphatic rings. The van der Waals surface area contributed by atoms with Crippen LogP contribution >= 0.6 is 0 Å². The fourth-order valence-electron chi connectivity index (χ4n) is 1.12. The van der Waals surface area contributed by atoms with Crippen molar-refractivity contribution in [1.82, 2.24) is 9.78 Å². The second-order valence-electron chi connectivity index (χ2n) is 2.68. The fraction of sp³-hybridized carbons (Fsp3) is 0.444. The lowest BCUT2D eigenvalue weighted by Gasteiger charge is -2.03. The topological polar surface area (TPSA) is 43.8 Å². The van der Waals surface area contributed by atoms with Gasteiger partial charge in [-0.2, -0.15) is 5.10 Å². The van der Waals surface area contributed by atoms with E-state index in [4.69, 9.17) is 5.73 Å². The summed E-state index contributed by atoms with van der Waals surface area (Å²) in [5.74, 6) is 0. The molecule has 12 heavy (non-hydrogen) atoms. The largest absolute Gasteiger partial charge is 0.325 e. The van der Waals surface area contributed by atoms with Crippen LogP contribution in [0.5, 0.6) is 0 Å². The number of rotatable bonds is 5. The molecule has 1 aromatic heterocycles. The van der Waals surface area contributed by atoms with E-state index in [1.165, 1.54) is 0 Å². The molecule has 0 amide bonds. The predicted octanol–water partition coefficient (Wildman–Crippen LogP) is 1.31. The second-order valence-corrected chi connectivity index (χ2v) is 2.68. The third kappa shape index (κ3) is 2.20. The molecular weight excluding hydrogens is 150 g/mol. The lowest BCUT2D eigenvalue weighted by atomic mass is 10.3. The second kappa shape index (κ2) is 4.72. The average molecular weight is 165 g/mol. The van der Waals surface area contributed by atoms with Crippen LogP contribution in [-0.2, 0) is 13.1 Å². The molecule has 0 radical (unpaired) electrons. The number of hydrogen-bond acceptors (Lipinski definition) is 2. The Morgan fingerprint density at radius 1 is 1.67 bits per heavy atom. The van der Waals surface area contributed by atoms with Gasteiger partial charge in [-0.1, -0.05) is 6.08 Å². The Morgan fingerprint density at radius 2 is 2.50 bits per heavy atom. The normalized spacial score (nSPS) is 10.1.